The summed E-state index contributed by atoms with van der Waals surface area (Å²) in [5.41, 5.74) is 1.09. The molecule has 2 aromatic carbocycles. The molecule has 8 nitrogen and oxygen atoms in total. The Labute approximate surface area is 219 Å². The molecule has 2 N–H and O–H groups in total. The van der Waals surface area contributed by atoms with Crippen LogP contribution in [0.25, 0.3) is 0 Å². The Bertz CT molecular complexity index is 1250. The van der Waals surface area contributed by atoms with Crippen molar-refractivity contribution in [2.24, 2.45) is 0 Å². The highest BCUT2D eigenvalue weighted by molar-refractivity contribution is 6.31. The molecule has 2 aromatic rings. The summed E-state index contributed by atoms with van der Waals surface area (Å²) in [6.07, 6.45) is 1.07. The van der Waals surface area contributed by atoms with Crippen LogP contribution < -0.4 is 5.32 Å². The molecule has 0 bridgehead atoms. The van der Waals surface area contributed by atoms with E-state index in [1.54, 1.807) is 29.2 Å². The number of nitrogens with zero attached hydrogens (tertiary/aromatic N) is 3. The molecule has 2 unspecified atom stereocenters. The van der Waals surface area contributed by atoms with Crippen LogP contribution in [0, 0.1) is 5.82 Å². The number of amides is 3. The zero-order valence-electron chi connectivity index (χ0n) is 20.6. The number of morpholine rings is 1. The van der Waals surface area contributed by atoms with Gasteiger partial charge in [-0.1, -0.05) is 23.7 Å². The third kappa shape index (κ3) is 3.95. The van der Waals surface area contributed by atoms with Gasteiger partial charge in [0.1, 0.15) is 17.1 Å². The number of hydrogen-bond acceptors (Lipinski definition) is 6. The summed E-state index contributed by atoms with van der Waals surface area (Å²) in [6.45, 7) is 6.05. The maximum absolute atomic E-state index is 14.3. The third-order valence-corrected chi connectivity index (χ3v) is 8.62. The second kappa shape index (κ2) is 9.15. The third-order valence-electron chi connectivity index (χ3n) is 8.33. The van der Waals surface area contributed by atoms with Gasteiger partial charge >= 0.3 is 6.03 Å². The molecule has 6 rings (SSSR count). The van der Waals surface area contributed by atoms with Crippen LogP contribution in [0.4, 0.5) is 14.9 Å². The molecule has 0 aromatic heterocycles. The number of phenols is 1. The van der Waals surface area contributed by atoms with Crippen LogP contribution in [-0.4, -0.2) is 82.7 Å². The number of hydrogen-bond donors (Lipinski definition) is 2. The van der Waals surface area contributed by atoms with E-state index >= 15 is 0 Å². The maximum atomic E-state index is 14.3. The van der Waals surface area contributed by atoms with Gasteiger partial charge in [-0.2, -0.15) is 0 Å². The molecular weight excluding hydrogens is 499 g/mol. The zero-order chi connectivity index (χ0) is 25.9. The number of anilines is 1. The van der Waals surface area contributed by atoms with E-state index in [1.807, 2.05) is 13.0 Å². The molecular formula is C27H30ClFN4O4. The van der Waals surface area contributed by atoms with Crippen molar-refractivity contribution >= 4 is 29.2 Å². The second-order valence-corrected chi connectivity index (χ2v) is 11.0. The molecule has 37 heavy (non-hydrogen) atoms. The van der Waals surface area contributed by atoms with Gasteiger partial charge < -0.3 is 20.1 Å². The van der Waals surface area contributed by atoms with E-state index in [4.69, 9.17) is 16.3 Å². The highest BCUT2D eigenvalue weighted by Gasteiger charge is 2.63. The first-order valence-electron chi connectivity index (χ1n) is 12.8. The van der Waals surface area contributed by atoms with Gasteiger partial charge in [-0.15, -0.1) is 0 Å². The van der Waals surface area contributed by atoms with Crippen molar-refractivity contribution in [3.05, 3.63) is 58.4 Å². The first-order valence-corrected chi connectivity index (χ1v) is 13.2. The van der Waals surface area contributed by atoms with Crippen molar-refractivity contribution in [3.63, 3.8) is 0 Å². The largest absolute Gasteiger partial charge is 0.508 e. The number of piperidine rings is 1. The van der Waals surface area contributed by atoms with Crippen molar-refractivity contribution in [2.75, 3.05) is 44.7 Å². The van der Waals surface area contributed by atoms with Crippen molar-refractivity contribution in [1.82, 2.24) is 14.7 Å². The molecule has 0 saturated carbocycles. The number of aromatic hydroxyl groups is 1. The monoisotopic (exact) mass is 528 g/mol. The number of carbonyl (C=O) groups excluding carboxylic acids is 2. The van der Waals surface area contributed by atoms with Crippen molar-refractivity contribution in [1.29, 1.82) is 0 Å². The summed E-state index contributed by atoms with van der Waals surface area (Å²) in [7, 11) is 0. The van der Waals surface area contributed by atoms with E-state index in [2.05, 4.69) is 10.2 Å². The Balaban J connectivity index is 1.35. The van der Waals surface area contributed by atoms with E-state index < -0.39 is 17.4 Å². The van der Waals surface area contributed by atoms with Crippen LogP contribution in [0.2, 0.25) is 5.02 Å². The SMILES string of the molecule is C[C@@]12CC3c4cc(Cl)c(F)cc4NC3[C@@H](c3cccc(O)c3)N1C(=O)N(CCCN1CCOCC1)C2=O. The molecule has 4 heterocycles. The Morgan fingerprint density at radius 2 is 1.97 bits per heavy atom. The van der Waals surface area contributed by atoms with Gasteiger partial charge in [0.25, 0.3) is 5.91 Å². The lowest BCUT2D eigenvalue weighted by molar-refractivity contribution is -0.135. The molecule has 3 saturated heterocycles. The average Bonchev–Trinajstić information content (AvgIpc) is 3.30. The van der Waals surface area contributed by atoms with Gasteiger partial charge in [0.2, 0.25) is 0 Å². The van der Waals surface area contributed by atoms with E-state index in [0.29, 0.717) is 43.9 Å². The zero-order valence-corrected chi connectivity index (χ0v) is 21.4. The number of urea groups is 1. The van der Waals surface area contributed by atoms with Gasteiger partial charge in [0.05, 0.1) is 30.3 Å². The van der Waals surface area contributed by atoms with E-state index in [-0.39, 0.29) is 34.7 Å². The number of benzene rings is 2. The van der Waals surface area contributed by atoms with Crippen molar-refractivity contribution in [2.45, 2.75) is 43.3 Å². The van der Waals surface area contributed by atoms with Gasteiger partial charge in [0, 0.05) is 37.8 Å². The van der Waals surface area contributed by atoms with Gasteiger partial charge in [-0.3, -0.25) is 14.6 Å². The van der Waals surface area contributed by atoms with Gasteiger partial charge in [-0.05, 0) is 55.2 Å². The average molecular weight is 529 g/mol. The normalized spacial score (nSPS) is 29.2. The molecule has 196 valence electrons. The van der Waals surface area contributed by atoms with Crippen LogP contribution in [0.1, 0.15) is 42.9 Å². The Hall–Kier alpha value is -2.88. The predicted molar refractivity (Wildman–Crippen MR) is 136 cm³/mol. The number of halogens is 2. The van der Waals surface area contributed by atoms with Crippen LogP contribution in [0.5, 0.6) is 5.75 Å². The molecule has 4 atom stereocenters. The molecule has 0 spiro atoms. The number of rotatable bonds is 5. The molecule has 3 fully saturated rings. The standard InChI is InChI=1S/C27H30ClFN4O4/c1-27-15-19-18-13-20(28)21(29)14-22(18)30-23(19)24(16-4-2-5-17(34)12-16)33(27)26(36)32(25(27)35)7-3-6-31-8-10-37-11-9-31/h2,4-5,12-14,19,23-24,30,34H,3,6-11,15H2,1H3/t19?,23?,24-,27+/m1/s1. The highest BCUT2D eigenvalue weighted by Crippen LogP contribution is 2.56. The Morgan fingerprint density at radius 1 is 1.19 bits per heavy atom. The molecule has 0 radical (unpaired) electrons. The van der Waals surface area contributed by atoms with Gasteiger partial charge in [-0.25, -0.2) is 9.18 Å². The first-order chi connectivity index (χ1) is 17.8. The Morgan fingerprint density at radius 3 is 2.73 bits per heavy atom. The van der Waals surface area contributed by atoms with Crippen molar-refractivity contribution in [3.8, 4) is 5.75 Å². The van der Waals surface area contributed by atoms with Crippen molar-refractivity contribution < 1.29 is 23.8 Å². The number of ether oxygens (including phenoxy) is 1. The predicted octanol–water partition coefficient (Wildman–Crippen LogP) is 3.95. The van der Waals surface area contributed by atoms with E-state index in [0.717, 1.165) is 25.2 Å². The smallest absolute Gasteiger partial charge is 0.328 e. The van der Waals surface area contributed by atoms with Crippen LogP contribution in [-0.2, 0) is 9.53 Å². The van der Waals surface area contributed by atoms with Crippen LogP contribution in [0.15, 0.2) is 36.4 Å². The topological polar surface area (TPSA) is 85.3 Å². The van der Waals surface area contributed by atoms with E-state index in [9.17, 15) is 19.1 Å². The fourth-order valence-electron chi connectivity index (χ4n) is 6.57. The Kier molecular flexibility index (Phi) is 6.05. The summed E-state index contributed by atoms with van der Waals surface area (Å²) in [5.74, 6) is -0.839. The number of nitrogens with one attached hydrogen (secondary N) is 1. The molecule has 4 aliphatic heterocycles. The maximum Gasteiger partial charge on any atom is 0.328 e. The lowest BCUT2D eigenvalue weighted by Gasteiger charge is -2.48. The summed E-state index contributed by atoms with van der Waals surface area (Å²) in [6, 6.07) is 8.60. The molecule has 0 aliphatic carbocycles. The lowest BCUT2D eigenvalue weighted by atomic mass is 9.72. The fourth-order valence-corrected chi connectivity index (χ4v) is 6.74. The van der Waals surface area contributed by atoms with Crippen LogP contribution in [0.3, 0.4) is 0 Å². The summed E-state index contributed by atoms with van der Waals surface area (Å²) >= 11 is 6.15. The summed E-state index contributed by atoms with van der Waals surface area (Å²) < 4.78 is 19.7. The minimum absolute atomic E-state index is 0.0289. The van der Waals surface area contributed by atoms with Crippen LogP contribution >= 0.6 is 11.6 Å². The summed E-state index contributed by atoms with van der Waals surface area (Å²) in [5, 5.41) is 13.7. The second-order valence-electron chi connectivity index (χ2n) is 10.6. The molecule has 10 heteroatoms. The lowest BCUT2D eigenvalue weighted by Crippen LogP contribution is -2.58. The molecule has 4 aliphatic rings. The highest BCUT2D eigenvalue weighted by atomic mass is 35.5. The number of fused-ring (bicyclic) bond motifs is 4. The van der Waals surface area contributed by atoms with Gasteiger partial charge in [0.15, 0.2) is 0 Å². The minimum atomic E-state index is -1.09. The van der Waals surface area contributed by atoms with E-state index in [1.165, 1.54) is 11.0 Å². The number of phenolic OH excluding ortho intramolecular Hbond substituents is 1. The summed E-state index contributed by atoms with van der Waals surface area (Å²) in [4.78, 5) is 33.1. The molecule has 3 amide bonds. The quantitative estimate of drug-likeness (QED) is 0.572. The number of imide groups is 1. The number of carbonyl (C=O) groups is 2. The minimum Gasteiger partial charge on any atom is -0.508 e. The fraction of sp³-hybridized carbons (Fsp3) is 0.481. The first kappa shape index (κ1) is 24.5.